The molecule has 1 atom stereocenters. The highest BCUT2D eigenvalue weighted by Crippen LogP contribution is 2.35. The normalized spacial score (nSPS) is 12.2. The minimum absolute atomic E-state index is 0.205. The average Bonchev–Trinajstić information content (AvgIpc) is 2.32. The van der Waals surface area contributed by atoms with Crippen molar-refractivity contribution in [2.75, 3.05) is 6.61 Å². The molecule has 1 rings (SSSR count). The zero-order chi connectivity index (χ0) is 13.5. The van der Waals surface area contributed by atoms with Crippen molar-refractivity contribution >= 4 is 31.9 Å². The highest BCUT2D eigenvalue weighted by molar-refractivity contribution is 9.11. The van der Waals surface area contributed by atoms with Gasteiger partial charge in [-0.2, -0.15) is 0 Å². The van der Waals surface area contributed by atoms with E-state index in [0.29, 0.717) is 6.61 Å². The third-order valence-corrected chi connectivity index (χ3v) is 3.83. The van der Waals surface area contributed by atoms with Crippen molar-refractivity contribution in [3.63, 3.8) is 0 Å². The first-order valence-corrected chi connectivity index (χ1v) is 7.64. The molecule has 18 heavy (non-hydrogen) atoms. The topological polar surface area (TPSA) is 35.2 Å². The first kappa shape index (κ1) is 15.7. The van der Waals surface area contributed by atoms with Gasteiger partial charge in [0.25, 0.3) is 0 Å². The lowest BCUT2D eigenvalue weighted by atomic mass is 10.0. The van der Waals surface area contributed by atoms with Gasteiger partial charge in [-0.15, -0.1) is 6.58 Å². The maximum atomic E-state index is 5.97. The van der Waals surface area contributed by atoms with Crippen LogP contribution in [0.2, 0.25) is 0 Å². The molecule has 0 aromatic heterocycles. The molecule has 0 bridgehead atoms. The first-order valence-electron chi connectivity index (χ1n) is 6.05. The molecule has 0 heterocycles. The van der Waals surface area contributed by atoms with Gasteiger partial charge in [0, 0.05) is 6.04 Å². The van der Waals surface area contributed by atoms with Gasteiger partial charge in [-0.1, -0.05) is 13.0 Å². The molecule has 4 heteroatoms. The second-order valence-electron chi connectivity index (χ2n) is 4.19. The summed E-state index contributed by atoms with van der Waals surface area (Å²) in [5.41, 5.74) is 7.18. The second kappa shape index (κ2) is 7.97. The summed E-state index contributed by atoms with van der Waals surface area (Å²) in [7, 11) is 0. The van der Waals surface area contributed by atoms with E-state index in [0.717, 1.165) is 34.0 Å². The summed E-state index contributed by atoms with van der Waals surface area (Å²) in [5.74, 6) is 0.839. The molecule has 0 amide bonds. The van der Waals surface area contributed by atoms with E-state index >= 15 is 0 Å². The molecule has 100 valence electrons. The largest absolute Gasteiger partial charge is 0.491 e. The van der Waals surface area contributed by atoms with Crippen LogP contribution in [0, 0.1) is 0 Å². The zero-order valence-corrected chi connectivity index (χ0v) is 13.8. The summed E-state index contributed by atoms with van der Waals surface area (Å²) in [6.45, 7) is 6.41. The van der Waals surface area contributed by atoms with Crippen LogP contribution in [0.3, 0.4) is 0 Å². The number of rotatable bonds is 7. The lowest BCUT2D eigenvalue weighted by Crippen LogP contribution is -2.21. The number of halogens is 2. The van der Waals surface area contributed by atoms with E-state index in [9.17, 15) is 0 Å². The quantitative estimate of drug-likeness (QED) is 0.563. The Morgan fingerprint density at radius 3 is 2.50 bits per heavy atom. The van der Waals surface area contributed by atoms with E-state index in [1.165, 1.54) is 5.56 Å². The van der Waals surface area contributed by atoms with Crippen molar-refractivity contribution in [3.8, 4) is 5.75 Å². The van der Waals surface area contributed by atoms with E-state index in [-0.39, 0.29) is 6.04 Å². The second-order valence-corrected chi connectivity index (χ2v) is 5.90. The van der Waals surface area contributed by atoms with Crippen molar-refractivity contribution in [2.24, 2.45) is 5.73 Å². The molecule has 1 unspecified atom stereocenters. The fourth-order valence-corrected chi connectivity index (χ4v) is 3.07. The predicted octanol–water partition coefficient (Wildman–Crippen LogP) is 4.45. The van der Waals surface area contributed by atoms with Gasteiger partial charge in [-0.3, -0.25) is 0 Å². The Morgan fingerprint density at radius 1 is 1.39 bits per heavy atom. The summed E-state index contributed by atoms with van der Waals surface area (Å²) < 4.78 is 7.61. The molecule has 0 fully saturated rings. The Balaban J connectivity index is 2.80. The van der Waals surface area contributed by atoms with Gasteiger partial charge in [-0.05, 0) is 68.8 Å². The van der Waals surface area contributed by atoms with Gasteiger partial charge in [-0.25, -0.2) is 0 Å². The summed E-state index contributed by atoms with van der Waals surface area (Å²) in [5, 5.41) is 0. The van der Waals surface area contributed by atoms with Crippen molar-refractivity contribution in [1.29, 1.82) is 0 Å². The van der Waals surface area contributed by atoms with Gasteiger partial charge in [0.1, 0.15) is 5.75 Å². The number of hydrogen-bond donors (Lipinski definition) is 1. The molecular weight excluding hydrogens is 358 g/mol. The van der Waals surface area contributed by atoms with Crippen LogP contribution in [0.5, 0.6) is 5.75 Å². The van der Waals surface area contributed by atoms with E-state index < -0.39 is 0 Å². The highest BCUT2D eigenvalue weighted by Gasteiger charge is 2.10. The van der Waals surface area contributed by atoms with Crippen LogP contribution in [0.1, 0.15) is 25.3 Å². The minimum atomic E-state index is 0.205. The highest BCUT2D eigenvalue weighted by atomic mass is 79.9. The average molecular weight is 377 g/mol. The Hall–Kier alpha value is -0.320. The van der Waals surface area contributed by atoms with Crippen LogP contribution >= 0.6 is 31.9 Å². The third-order valence-electron chi connectivity index (χ3n) is 2.65. The molecule has 2 nitrogen and oxygen atoms in total. The molecule has 1 aromatic rings. The summed E-state index contributed by atoms with van der Waals surface area (Å²) in [4.78, 5) is 0. The lowest BCUT2D eigenvalue weighted by Gasteiger charge is -2.13. The fourth-order valence-electron chi connectivity index (χ4n) is 1.56. The maximum Gasteiger partial charge on any atom is 0.147 e. The summed E-state index contributed by atoms with van der Waals surface area (Å²) in [6.07, 6.45) is 4.53. The molecule has 2 N–H and O–H groups in total. The van der Waals surface area contributed by atoms with Crippen LogP contribution < -0.4 is 10.5 Å². The van der Waals surface area contributed by atoms with Crippen LogP contribution in [0.25, 0.3) is 0 Å². The van der Waals surface area contributed by atoms with E-state index in [1.807, 2.05) is 6.08 Å². The third kappa shape index (κ3) is 4.75. The zero-order valence-electron chi connectivity index (χ0n) is 10.6. The van der Waals surface area contributed by atoms with Crippen LogP contribution in [-0.4, -0.2) is 12.6 Å². The molecule has 0 radical (unpaired) electrons. The minimum Gasteiger partial charge on any atom is -0.491 e. The number of nitrogens with two attached hydrogens (primary N) is 1. The van der Waals surface area contributed by atoms with Crippen molar-refractivity contribution in [2.45, 2.75) is 32.2 Å². The Morgan fingerprint density at radius 2 is 2.00 bits per heavy atom. The van der Waals surface area contributed by atoms with Crippen molar-refractivity contribution in [3.05, 3.63) is 39.3 Å². The number of benzene rings is 1. The molecule has 1 aromatic carbocycles. The number of ether oxygens (including phenoxy) is 1. The first-order chi connectivity index (χ1) is 8.58. The molecule has 0 aliphatic heterocycles. The monoisotopic (exact) mass is 375 g/mol. The standard InChI is InChI=1S/C14H19Br2NO/c1-3-5-6-18-14-12(15)8-10(9-13(14)16)7-11(17)4-2/h3,8-9,11H,1,4-7,17H2,2H3. The van der Waals surface area contributed by atoms with Crippen molar-refractivity contribution < 1.29 is 4.74 Å². The SMILES string of the molecule is C=CCCOc1c(Br)cc(CC(N)CC)cc1Br. The summed E-state index contributed by atoms with van der Waals surface area (Å²) >= 11 is 7.08. The Bertz CT molecular complexity index is 384. The van der Waals surface area contributed by atoms with Crippen molar-refractivity contribution in [1.82, 2.24) is 0 Å². The van der Waals surface area contributed by atoms with Gasteiger partial charge in [0.05, 0.1) is 15.6 Å². The van der Waals surface area contributed by atoms with Gasteiger partial charge >= 0.3 is 0 Å². The van der Waals surface area contributed by atoms with E-state index in [1.54, 1.807) is 0 Å². The molecule has 0 spiro atoms. The van der Waals surface area contributed by atoms with Gasteiger partial charge in [0.2, 0.25) is 0 Å². The van der Waals surface area contributed by atoms with E-state index in [2.05, 4.69) is 57.5 Å². The van der Waals surface area contributed by atoms with Gasteiger partial charge in [0.15, 0.2) is 0 Å². The molecule has 0 saturated heterocycles. The molecular formula is C14H19Br2NO. The maximum absolute atomic E-state index is 5.97. The fraction of sp³-hybridized carbons (Fsp3) is 0.429. The van der Waals surface area contributed by atoms with Gasteiger partial charge < -0.3 is 10.5 Å². The Kier molecular flexibility index (Phi) is 6.97. The number of hydrogen-bond acceptors (Lipinski definition) is 2. The Labute approximate surface area is 126 Å². The smallest absolute Gasteiger partial charge is 0.147 e. The molecule has 0 aliphatic carbocycles. The van der Waals surface area contributed by atoms with Crippen LogP contribution in [0.15, 0.2) is 33.7 Å². The summed E-state index contributed by atoms with van der Waals surface area (Å²) in [6, 6.07) is 4.35. The van der Waals surface area contributed by atoms with Crippen LogP contribution in [-0.2, 0) is 6.42 Å². The predicted molar refractivity (Wildman–Crippen MR) is 84.1 cm³/mol. The lowest BCUT2D eigenvalue weighted by molar-refractivity contribution is 0.321. The van der Waals surface area contributed by atoms with E-state index in [4.69, 9.17) is 10.5 Å². The molecule has 0 aliphatic rings. The van der Waals surface area contributed by atoms with Crippen LogP contribution in [0.4, 0.5) is 0 Å². The molecule has 0 saturated carbocycles.